The molecule has 2 heterocycles. The van der Waals surface area contributed by atoms with E-state index in [9.17, 15) is 4.79 Å². The van der Waals surface area contributed by atoms with Crippen LogP contribution < -0.4 is 4.74 Å². The minimum absolute atomic E-state index is 0.118. The number of carbonyl (C=O) groups is 1. The number of fused-ring (bicyclic) bond motifs is 2. The summed E-state index contributed by atoms with van der Waals surface area (Å²) < 4.78 is 5.82. The number of hydrogen-bond donors (Lipinski definition) is 0. The van der Waals surface area contributed by atoms with Gasteiger partial charge in [-0.15, -0.1) is 0 Å². The number of rotatable bonds is 3. The molecule has 2 bridgehead atoms. The van der Waals surface area contributed by atoms with Gasteiger partial charge < -0.3 is 4.74 Å². The molecule has 2 fully saturated rings. The Labute approximate surface area is 159 Å². The molecule has 2 aliphatic rings. The first-order chi connectivity index (χ1) is 12.5. The van der Waals surface area contributed by atoms with Crippen molar-refractivity contribution in [3.63, 3.8) is 0 Å². The monoisotopic (exact) mass is 369 g/mol. The zero-order valence-electron chi connectivity index (χ0n) is 15.2. The number of nitrogens with zero attached hydrogens (tertiary/aromatic N) is 1. The summed E-state index contributed by atoms with van der Waals surface area (Å²) >= 11 is 6.06. The summed E-state index contributed by atoms with van der Waals surface area (Å²) in [4.78, 5) is 15.6. The summed E-state index contributed by atoms with van der Waals surface area (Å²) in [6.45, 7) is 2.00. The molecule has 0 aromatic heterocycles. The predicted octanol–water partition coefficient (Wildman–Crippen LogP) is 4.82. The van der Waals surface area contributed by atoms with Gasteiger partial charge in [0.05, 0.1) is 5.92 Å². The highest BCUT2D eigenvalue weighted by Gasteiger charge is 2.49. The fourth-order valence-corrected chi connectivity index (χ4v) is 4.83. The number of ether oxygens (including phenoxy) is 1. The van der Waals surface area contributed by atoms with Crippen LogP contribution in [0.2, 0.25) is 5.02 Å². The van der Waals surface area contributed by atoms with Crippen LogP contribution in [0.25, 0.3) is 0 Å². The summed E-state index contributed by atoms with van der Waals surface area (Å²) in [6.07, 6.45) is 3.19. The van der Waals surface area contributed by atoms with Crippen LogP contribution in [0.5, 0.6) is 5.75 Å². The minimum Gasteiger partial charge on any atom is -0.426 e. The van der Waals surface area contributed by atoms with E-state index in [0.717, 1.165) is 29.8 Å². The van der Waals surface area contributed by atoms with Crippen LogP contribution in [0.1, 0.15) is 36.3 Å². The average Bonchev–Trinajstić information content (AvgIpc) is 2.85. The van der Waals surface area contributed by atoms with Crippen molar-refractivity contribution in [2.75, 3.05) is 7.05 Å². The van der Waals surface area contributed by atoms with Crippen LogP contribution in [0.4, 0.5) is 0 Å². The van der Waals surface area contributed by atoms with Gasteiger partial charge in [0, 0.05) is 23.0 Å². The molecule has 3 nitrogen and oxygen atoms in total. The molecule has 4 atom stereocenters. The highest BCUT2D eigenvalue weighted by Crippen LogP contribution is 2.46. The van der Waals surface area contributed by atoms with E-state index in [1.165, 1.54) is 5.56 Å². The Hall–Kier alpha value is -1.84. The standard InChI is InChI=1S/C22H24ClNO2/c1-14-4-3-5-18(12-14)26-22(25)21-19(15-6-8-16(23)9-7-15)13-17-10-11-20(21)24(17)2/h3-9,12,17,19-21H,10-11,13H2,1-2H3/t17-,19+,20+,21-/m0/s1. The third-order valence-corrected chi connectivity index (χ3v) is 6.30. The average molecular weight is 370 g/mol. The SMILES string of the molecule is Cc1cccc(OC(=O)[C@H]2[C@@H](c3ccc(Cl)cc3)C[C@@H]3CC[C@H]2N3C)c1. The molecule has 2 aliphatic heterocycles. The van der Waals surface area contributed by atoms with Crippen molar-refractivity contribution in [3.05, 3.63) is 64.7 Å². The van der Waals surface area contributed by atoms with Gasteiger partial charge in [0.15, 0.2) is 0 Å². The van der Waals surface area contributed by atoms with E-state index in [-0.39, 0.29) is 23.8 Å². The van der Waals surface area contributed by atoms with E-state index in [0.29, 0.717) is 11.8 Å². The topological polar surface area (TPSA) is 29.5 Å². The van der Waals surface area contributed by atoms with Crippen molar-refractivity contribution in [2.24, 2.45) is 5.92 Å². The van der Waals surface area contributed by atoms with Crippen LogP contribution in [-0.2, 0) is 4.79 Å². The van der Waals surface area contributed by atoms with Gasteiger partial charge in [-0.25, -0.2) is 0 Å². The van der Waals surface area contributed by atoms with Crippen LogP contribution in [0.15, 0.2) is 48.5 Å². The Bertz CT molecular complexity index is 804. The van der Waals surface area contributed by atoms with Gasteiger partial charge in [0.1, 0.15) is 5.75 Å². The minimum atomic E-state index is -0.152. The lowest BCUT2D eigenvalue weighted by Gasteiger charge is -2.41. The first-order valence-corrected chi connectivity index (χ1v) is 9.66. The quantitative estimate of drug-likeness (QED) is 0.573. The van der Waals surface area contributed by atoms with Gasteiger partial charge in [-0.1, -0.05) is 35.9 Å². The maximum Gasteiger partial charge on any atom is 0.316 e. The van der Waals surface area contributed by atoms with Crippen molar-refractivity contribution in [2.45, 2.75) is 44.2 Å². The Morgan fingerprint density at radius 2 is 1.92 bits per heavy atom. The first-order valence-electron chi connectivity index (χ1n) is 9.28. The summed E-state index contributed by atoms with van der Waals surface area (Å²) in [5, 5.41) is 0.725. The molecule has 0 radical (unpaired) electrons. The van der Waals surface area contributed by atoms with Crippen molar-refractivity contribution in [1.82, 2.24) is 4.90 Å². The van der Waals surface area contributed by atoms with Crippen molar-refractivity contribution in [1.29, 1.82) is 0 Å². The second-order valence-corrected chi connectivity index (χ2v) is 8.06. The molecule has 2 aromatic carbocycles. The summed E-state index contributed by atoms with van der Waals surface area (Å²) in [6, 6.07) is 16.4. The normalized spacial score (nSPS) is 28.1. The molecule has 26 heavy (non-hydrogen) atoms. The number of benzene rings is 2. The van der Waals surface area contributed by atoms with Gasteiger partial charge in [0.25, 0.3) is 0 Å². The van der Waals surface area contributed by atoms with Crippen LogP contribution in [-0.4, -0.2) is 30.0 Å². The number of carbonyl (C=O) groups excluding carboxylic acids is 1. The molecule has 0 amide bonds. The molecule has 0 N–H and O–H groups in total. The molecule has 0 saturated carbocycles. The summed E-state index contributed by atoms with van der Waals surface area (Å²) in [7, 11) is 2.15. The summed E-state index contributed by atoms with van der Waals surface area (Å²) in [5.74, 6) is 0.541. The predicted molar refractivity (Wildman–Crippen MR) is 104 cm³/mol. The number of hydrogen-bond acceptors (Lipinski definition) is 3. The molecule has 136 valence electrons. The Kier molecular flexibility index (Phi) is 4.76. The number of esters is 1. The Balaban J connectivity index is 1.64. The molecule has 4 rings (SSSR count). The zero-order valence-corrected chi connectivity index (χ0v) is 15.9. The van der Waals surface area contributed by atoms with Gasteiger partial charge in [-0.05, 0) is 68.6 Å². The van der Waals surface area contributed by atoms with E-state index in [2.05, 4.69) is 24.1 Å². The highest BCUT2D eigenvalue weighted by atomic mass is 35.5. The van der Waals surface area contributed by atoms with Crippen molar-refractivity contribution in [3.8, 4) is 5.75 Å². The molecule has 0 unspecified atom stereocenters. The summed E-state index contributed by atoms with van der Waals surface area (Å²) in [5.41, 5.74) is 2.27. The van der Waals surface area contributed by atoms with E-state index in [1.807, 2.05) is 43.3 Å². The smallest absolute Gasteiger partial charge is 0.316 e. The van der Waals surface area contributed by atoms with E-state index >= 15 is 0 Å². The maximum absolute atomic E-state index is 13.2. The second-order valence-electron chi connectivity index (χ2n) is 7.62. The van der Waals surface area contributed by atoms with Gasteiger partial charge in [0.2, 0.25) is 0 Å². The first kappa shape index (κ1) is 17.6. The third-order valence-electron chi connectivity index (χ3n) is 6.05. The van der Waals surface area contributed by atoms with Gasteiger partial charge >= 0.3 is 5.97 Å². The van der Waals surface area contributed by atoms with Crippen LogP contribution >= 0.6 is 11.6 Å². The van der Waals surface area contributed by atoms with E-state index < -0.39 is 0 Å². The van der Waals surface area contributed by atoms with Crippen LogP contribution in [0, 0.1) is 12.8 Å². The Morgan fingerprint density at radius 1 is 1.15 bits per heavy atom. The molecule has 4 heteroatoms. The lowest BCUT2D eigenvalue weighted by molar-refractivity contribution is -0.143. The zero-order chi connectivity index (χ0) is 18.3. The fourth-order valence-electron chi connectivity index (χ4n) is 4.70. The number of halogens is 1. The fraction of sp³-hybridized carbons (Fsp3) is 0.409. The lowest BCUT2D eigenvalue weighted by Crippen LogP contribution is -2.49. The molecular formula is C22H24ClNO2. The lowest BCUT2D eigenvalue weighted by atomic mass is 9.76. The third kappa shape index (κ3) is 3.26. The highest BCUT2D eigenvalue weighted by molar-refractivity contribution is 6.30. The second kappa shape index (κ2) is 7.05. The van der Waals surface area contributed by atoms with Crippen molar-refractivity contribution < 1.29 is 9.53 Å². The van der Waals surface area contributed by atoms with Crippen molar-refractivity contribution >= 4 is 17.6 Å². The number of piperidine rings is 1. The maximum atomic E-state index is 13.2. The number of aryl methyl sites for hydroxylation is 1. The van der Waals surface area contributed by atoms with Gasteiger partial charge in [-0.3, -0.25) is 9.69 Å². The van der Waals surface area contributed by atoms with E-state index in [1.54, 1.807) is 0 Å². The molecule has 0 spiro atoms. The molecule has 2 saturated heterocycles. The largest absolute Gasteiger partial charge is 0.426 e. The molecule has 0 aliphatic carbocycles. The van der Waals surface area contributed by atoms with Gasteiger partial charge in [-0.2, -0.15) is 0 Å². The Morgan fingerprint density at radius 3 is 2.65 bits per heavy atom. The molecular weight excluding hydrogens is 346 g/mol. The molecule has 2 aromatic rings. The van der Waals surface area contributed by atoms with E-state index in [4.69, 9.17) is 16.3 Å². The van der Waals surface area contributed by atoms with Crippen LogP contribution in [0.3, 0.4) is 0 Å².